The molecule has 0 aliphatic heterocycles. The minimum Gasteiger partial charge on any atom is -0.345 e. The molecule has 0 saturated carbocycles. The van der Waals surface area contributed by atoms with Crippen LogP contribution in [0, 0.1) is 0 Å². The molecule has 0 aromatic carbocycles. The predicted molar refractivity (Wildman–Crippen MR) is 56.8 cm³/mol. The van der Waals surface area contributed by atoms with Gasteiger partial charge < -0.3 is 14.0 Å². The normalized spacial score (nSPS) is 15.8. The van der Waals surface area contributed by atoms with Gasteiger partial charge in [0.25, 0.3) is 7.37 Å². The van der Waals surface area contributed by atoms with Gasteiger partial charge >= 0.3 is 0 Å². The first kappa shape index (κ1) is 14.1. The van der Waals surface area contributed by atoms with E-state index in [1.807, 2.05) is 20.8 Å². The zero-order valence-corrected chi connectivity index (χ0v) is 10.4. The Morgan fingerprint density at radius 2 is 1.64 bits per heavy atom. The Morgan fingerprint density at radius 1 is 1.14 bits per heavy atom. The van der Waals surface area contributed by atoms with Gasteiger partial charge in [-0.25, -0.2) is 0 Å². The van der Waals surface area contributed by atoms with Crippen LogP contribution in [0.5, 0.6) is 0 Å². The lowest BCUT2D eigenvalue weighted by molar-refractivity contribution is -0.0884. The summed E-state index contributed by atoms with van der Waals surface area (Å²) < 4.78 is 27.7. The van der Waals surface area contributed by atoms with E-state index < -0.39 is 13.4 Å². The largest absolute Gasteiger partial charge is 0.345 e. The Balaban J connectivity index is 4.21. The molecule has 5 heteroatoms. The maximum Gasteiger partial charge on any atom is 0.254 e. The van der Waals surface area contributed by atoms with Crippen LogP contribution in [-0.4, -0.2) is 32.5 Å². The Morgan fingerprint density at radius 3 is 2.00 bits per heavy atom. The molecule has 1 unspecified atom stereocenters. The third-order valence-electron chi connectivity index (χ3n) is 1.55. The molecule has 0 rings (SSSR count). The molecule has 0 N–H and O–H groups in total. The van der Waals surface area contributed by atoms with Crippen LogP contribution in [0.2, 0.25) is 0 Å². The summed E-state index contributed by atoms with van der Waals surface area (Å²) >= 11 is 0. The van der Waals surface area contributed by atoms with Gasteiger partial charge in [-0.1, -0.05) is 6.92 Å². The van der Waals surface area contributed by atoms with Crippen molar-refractivity contribution >= 4 is 7.37 Å². The Hall–Kier alpha value is 0.110. The van der Waals surface area contributed by atoms with Crippen molar-refractivity contribution in [1.29, 1.82) is 0 Å². The van der Waals surface area contributed by atoms with Gasteiger partial charge in [-0.2, -0.15) is 0 Å². The molecule has 0 fully saturated rings. The van der Waals surface area contributed by atoms with Crippen LogP contribution in [0.25, 0.3) is 0 Å². The number of ether oxygens (including phenoxy) is 2. The highest BCUT2D eigenvalue weighted by molar-refractivity contribution is 7.58. The summed E-state index contributed by atoms with van der Waals surface area (Å²) in [5.74, 6) is 0. The molecule has 0 aliphatic rings. The van der Waals surface area contributed by atoms with Crippen molar-refractivity contribution in [2.24, 2.45) is 0 Å². The van der Waals surface area contributed by atoms with Gasteiger partial charge in [0.2, 0.25) is 6.03 Å². The average molecular weight is 224 g/mol. The van der Waals surface area contributed by atoms with Crippen molar-refractivity contribution in [3.8, 4) is 0 Å². The van der Waals surface area contributed by atoms with E-state index in [4.69, 9.17) is 14.0 Å². The molecule has 86 valence electrons. The standard InChI is InChI=1S/C9H21O4P/c1-5-8-13-14(4,10)9(11-6-2)12-7-3/h9H,5-8H2,1-4H3. The molecule has 0 amide bonds. The molecule has 14 heavy (non-hydrogen) atoms. The topological polar surface area (TPSA) is 44.8 Å². The first-order valence-electron chi connectivity index (χ1n) is 5.03. The van der Waals surface area contributed by atoms with Crippen LogP contribution in [0.15, 0.2) is 0 Å². The van der Waals surface area contributed by atoms with Crippen LogP contribution >= 0.6 is 7.37 Å². The molecular formula is C9H21O4P. The quantitative estimate of drug-likeness (QED) is 0.469. The predicted octanol–water partition coefficient (Wildman–Crippen LogP) is 2.68. The fraction of sp³-hybridized carbons (Fsp3) is 1.00. The highest BCUT2D eigenvalue weighted by Crippen LogP contribution is 2.49. The fourth-order valence-corrected chi connectivity index (χ4v) is 2.44. The SMILES string of the molecule is CCCOP(C)(=O)C(OCC)OCC. The second-order valence-electron chi connectivity index (χ2n) is 2.96. The van der Waals surface area contributed by atoms with E-state index in [0.717, 1.165) is 6.42 Å². The van der Waals surface area contributed by atoms with Gasteiger partial charge in [0.1, 0.15) is 0 Å². The van der Waals surface area contributed by atoms with Gasteiger partial charge in [0, 0.05) is 19.9 Å². The maximum absolute atomic E-state index is 12.0. The van der Waals surface area contributed by atoms with Crippen molar-refractivity contribution in [1.82, 2.24) is 0 Å². The van der Waals surface area contributed by atoms with E-state index >= 15 is 0 Å². The van der Waals surface area contributed by atoms with Crippen molar-refractivity contribution in [2.45, 2.75) is 33.2 Å². The van der Waals surface area contributed by atoms with E-state index in [9.17, 15) is 4.57 Å². The van der Waals surface area contributed by atoms with Crippen LogP contribution in [0.1, 0.15) is 27.2 Å². The summed E-state index contributed by atoms with van der Waals surface area (Å²) in [6.45, 7) is 8.62. The first-order chi connectivity index (χ1) is 6.58. The number of rotatable bonds is 8. The minimum atomic E-state index is -2.80. The summed E-state index contributed by atoms with van der Waals surface area (Å²) in [6.07, 6.45) is 0.836. The highest BCUT2D eigenvalue weighted by Gasteiger charge is 2.30. The molecule has 0 saturated heterocycles. The third kappa shape index (κ3) is 5.11. The highest BCUT2D eigenvalue weighted by atomic mass is 31.2. The van der Waals surface area contributed by atoms with Gasteiger partial charge in [0.05, 0.1) is 6.61 Å². The van der Waals surface area contributed by atoms with Crippen LogP contribution in [0.4, 0.5) is 0 Å². The lowest BCUT2D eigenvalue weighted by atomic mass is 10.5. The van der Waals surface area contributed by atoms with Crippen molar-refractivity contribution in [3.05, 3.63) is 0 Å². The second-order valence-corrected chi connectivity index (χ2v) is 5.46. The molecule has 0 aromatic heterocycles. The van der Waals surface area contributed by atoms with E-state index in [0.29, 0.717) is 19.8 Å². The summed E-state index contributed by atoms with van der Waals surface area (Å²) in [7, 11) is -2.80. The van der Waals surface area contributed by atoms with Gasteiger partial charge in [-0.15, -0.1) is 0 Å². The van der Waals surface area contributed by atoms with Crippen molar-refractivity contribution in [2.75, 3.05) is 26.5 Å². The smallest absolute Gasteiger partial charge is 0.254 e. The Kier molecular flexibility index (Phi) is 7.47. The number of hydrogen-bond acceptors (Lipinski definition) is 4. The molecule has 0 aliphatic carbocycles. The van der Waals surface area contributed by atoms with E-state index in [1.165, 1.54) is 0 Å². The summed E-state index contributed by atoms with van der Waals surface area (Å²) in [6, 6.07) is -0.718. The van der Waals surface area contributed by atoms with Crippen LogP contribution in [-0.2, 0) is 18.6 Å². The van der Waals surface area contributed by atoms with Crippen molar-refractivity contribution in [3.63, 3.8) is 0 Å². The number of hydrogen-bond donors (Lipinski definition) is 0. The van der Waals surface area contributed by atoms with Crippen LogP contribution in [0.3, 0.4) is 0 Å². The molecular weight excluding hydrogens is 203 g/mol. The Labute approximate surface area is 86.4 Å². The van der Waals surface area contributed by atoms with Gasteiger partial charge in [-0.05, 0) is 20.3 Å². The van der Waals surface area contributed by atoms with E-state index in [2.05, 4.69) is 0 Å². The van der Waals surface area contributed by atoms with Gasteiger partial charge in [-0.3, -0.25) is 4.57 Å². The van der Waals surface area contributed by atoms with Crippen LogP contribution < -0.4 is 0 Å². The molecule has 0 radical (unpaired) electrons. The maximum atomic E-state index is 12.0. The van der Waals surface area contributed by atoms with Crippen molar-refractivity contribution < 1.29 is 18.6 Å². The molecule has 0 spiro atoms. The fourth-order valence-electron chi connectivity index (χ4n) is 0.937. The molecule has 0 heterocycles. The zero-order chi connectivity index (χ0) is 11.0. The Bertz CT molecular complexity index is 178. The molecule has 0 bridgehead atoms. The molecule has 4 nitrogen and oxygen atoms in total. The lowest BCUT2D eigenvalue weighted by Crippen LogP contribution is -2.18. The zero-order valence-electron chi connectivity index (χ0n) is 9.49. The second kappa shape index (κ2) is 7.41. The lowest BCUT2D eigenvalue weighted by Gasteiger charge is -2.23. The molecule has 0 aromatic rings. The minimum absolute atomic E-state index is 0.470. The summed E-state index contributed by atoms with van der Waals surface area (Å²) in [5, 5.41) is 0. The average Bonchev–Trinajstić information content (AvgIpc) is 2.14. The molecule has 1 atom stereocenters. The van der Waals surface area contributed by atoms with E-state index in [-0.39, 0.29) is 0 Å². The monoisotopic (exact) mass is 224 g/mol. The summed E-state index contributed by atoms with van der Waals surface area (Å²) in [4.78, 5) is 0. The van der Waals surface area contributed by atoms with Gasteiger partial charge in [0.15, 0.2) is 0 Å². The first-order valence-corrected chi connectivity index (χ1v) is 7.17. The van der Waals surface area contributed by atoms with E-state index in [1.54, 1.807) is 6.66 Å². The summed E-state index contributed by atoms with van der Waals surface area (Å²) in [5.41, 5.74) is 0. The third-order valence-corrected chi connectivity index (χ3v) is 3.31.